The summed E-state index contributed by atoms with van der Waals surface area (Å²) < 4.78 is 0.102. The Labute approximate surface area is 114 Å². The molecule has 0 aliphatic carbocycles. The van der Waals surface area contributed by atoms with Gasteiger partial charge in [-0.1, -0.05) is 0 Å². The van der Waals surface area contributed by atoms with Crippen molar-refractivity contribution < 1.29 is 4.92 Å². The molecule has 1 atom stereocenters. The highest BCUT2D eigenvalue weighted by Gasteiger charge is 2.30. The molecule has 0 spiro atoms. The van der Waals surface area contributed by atoms with Gasteiger partial charge in [0.2, 0.25) is 11.1 Å². The molecule has 6 nitrogen and oxygen atoms in total. The van der Waals surface area contributed by atoms with Gasteiger partial charge >= 0.3 is 5.69 Å². The van der Waals surface area contributed by atoms with E-state index in [2.05, 4.69) is 22.2 Å². The van der Waals surface area contributed by atoms with Crippen LogP contribution in [0.25, 0.3) is 0 Å². The predicted molar refractivity (Wildman–Crippen MR) is 72.3 cm³/mol. The lowest BCUT2D eigenvalue weighted by atomic mass is 10.1. The van der Waals surface area contributed by atoms with Gasteiger partial charge in [-0.15, -0.1) is 0 Å². The van der Waals surface area contributed by atoms with Crippen molar-refractivity contribution in [2.24, 2.45) is 0 Å². The summed E-state index contributed by atoms with van der Waals surface area (Å²) in [6.07, 6.45) is 3.40. The molecule has 1 saturated heterocycles. The van der Waals surface area contributed by atoms with Crippen molar-refractivity contribution in [1.82, 2.24) is 9.97 Å². The van der Waals surface area contributed by atoms with Crippen LogP contribution in [0.1, 0.15) is 19.8 Å². The molecule has 1 aliphatic rings. The van der Waals surface area contributed by atoms with Gasteiger partial charge in [0.05, 0.1) is 4.92 Å². The van der Waals surface area contributed by atoms with Gasteiger partial charge in [0, 0.05) is 11.3 Å². The Bertz CT molecular complexity index is 465. The van der Waals surface area contributed by atoms with Crippen molar-refractivity contribution in [2.45, 2.75) is 24.5 Å². The smallest absolute Gasteiger partial charge is 0.329 e. The fourth-order valence-corrected chi connectivity index (χ4v) is 3.24. The van der Waals surface area contributed by atoms with Gasteiger partial charge in [0.15, 0.2) is 0 Å². The first kappa shape index (κ1) is 13.4. The number of anilines is 1. The SMILES string of the molecule is CC1(CNc2nc(Cl)ncc2[N+](=O)[O-])CCCS1. The highest BCUT2D eigenvalue weighted by molar-refractivity contribution is 8.00. The van der Waals surface area contributed by atoms with Gasteiger partial charge in [-0.25, -0.2) is 4.98 Å². The lowest BCUT2D eigenvalue weighted by molar-refractivity contribution is -0.384. The van der Waals surface area contributed by atoms with E-state index >= 15 is 0 Å². The molecule has 0 amide bonds. The first-order valence-electron chi connectivity index (χ1n) is 5.55. The van der Waals surface area contributed by atoms with E-state index in [9.17, 15) is 10.1 Å². The number of rotatable bonds is 4. The van der Waals surface area contributed by atoms with Crippen molar-refractivity contribution in [3.63, 3.8) is 0 Å². The second-order valence-corrected chi connectivity index (χ2v) is 6.41. The van der Waals surface area contributed by atoms with E-state index in [4.69, 9.17) is 11.6 Å². The molecule has 18 heavy (non-hydrogen) atoms. The van der Waals surface area contributed by atoms with E-state index in [0.29, 0.717) is 6.54 Å². The molecule has 0 radical (unpaired) electrons. The highest BCUT2D eigenvalue weighted by Crippen LogP contribution is 2.38. The predicted octanol–water partition coefficient (Wildman–Crippen LogP) is 2.74. The van der Waals surface area contributed by atoms with Gasteiger partial charge in [-0.2, -0.15) is 16.7 Å². The van der Waals surface area contributed by atoms with Crippen LogP contribution in [0.2, 0.25) is 5.28 Å². The molecule has 2 rings (SSSR count). The number of nitrogens with one attached hydrogen (secondary N) is 1. The van der Waals surface area contributed by atoms with Crippen molar-refractivity contribution in [3.8, 4) is 0 Å². The third-order valence-electron chi connectivity index (χ3n) is 2.87. The maximum Gasteiger partial charge on any atom is 0.329 e. The summed E-state index contributed by atoms with van der Waals surface area (Å²) in [6, 6.07) is 0. The number of nitrogens with zero attached hydrogens (tertiary/aromatic N) is 3. The Balaban J connectivity index is 2.12. The number of aromatic nitrogens is 2. The molecule has 0 saturated carbocycles. The highest BCUT2D eigenvalue weighted by atomic mass is 35.5. The molecule has 1 aliphatic heterocycles. The molecular weight excluding hydrogens is 276 g/mol. The zero-order valence-corrected chi connectivity index (χ0v) is 11.4. The van der Waals surface area contributed by atoms with Gasteiger partial charge in [-0.3, -0.25) is 10.1 Å². The largest absolute Gasteiger partial charge is 0.363 e. The van der Waals surface area contributed by atoms with Crippen molar-refractivity contribution >= 4 is 34.9 Å². The van der Waals surface area contributed by atoms with Crippen molar-refractivity contribution in [2.75, 3.05) is 17.6 Å². The monoisotopic (exact) mass is 288 g/mol. The minimum atomic E-state index is -0.511. The van der Waals surface area contributed by atoms with E-state index in [0.717, 1.165) is 18.4 Å². The normalized spacial score (nSPS) is 23.0. The topological polar surface area (TPSA) is 81.0 Å². The van der Waals surface area contributed by atoms with Crippen LogP contribution in [0, 0.1) is 10.1 Å². The second-order valence-electron chi connectivity index (χ2n) is 4.39. The zero-order chi connectivity index (χ0) is 13.2. The third-order valence-corrected chi connectivity index (χ3v) is 4.59. The van der Waals surface area contributed by atoms with Gasteiger partial charge in [0.1, 0.15) is 6.20 Å². The lowest BCUT2D eigenvalue weighted by Gasteiger charge is -2.22. The summed E-state index contributed by atoms with van der Waals surface area (Å²) in [7, 11) is 0. The summed E-state index contributed by atoms with van der Waals surface area (Å²) in [4.78, 5) is 17.8. The molecule has 0 bridgehead atoms. The number of hydrogen-bond acceptors (Lipinski definition) is 6. The molecule has 2 heterocycles. The minimum Gasteiger partial charge on any atom is -0.363 e. The number of halogens is 1. The summed E-state index contributed by atoms with van der Waals surface area (Å²) in [6.45, 7) is 2.78. The fraction of sp³-hybridized carbons (Fsp3) is 0.600. The van der Waals surface area contributed by atoms with Crippen LogP contribution < -0.4 is 5.32 Å². The van der Waals surface area contributed by atoms with E-state index in [1.807, 2.05) is 11.8 Å². The number of thioether (sulfide) groups is 1. The Kier molecular flexibility index (Phi) is 3.91. The summed E-state index contributed by atoms with van der Waals surface area (Å²) in [5, 5.41) is 13.9. The molecule has 8 heteroatoms. The van der Waals surface area contributed by atoms with Crippen molar-refractivity contribution in [3.05, 3.63) is 21.6 Å². The molecule has 1 fully saturated rings. The molecular formula is C10H13ClN4O2S. The molecule has 1 aromatic heterocycles. The lowest BCUT2D eigenvalue weighted by Crippen LogP contribution is -2.27. The summed E-state index contributed by atoms with van der Waals surface area (Å²) in [5.41, 5.74) is -0.147. The Morgan fingerprint density at radius 1 is 1.72 bits per heavy atom. The van der Waals surface area contributed by atoms with E-state index in [1.54, 1.807) is 0 Å². The van der Waals surface area contributed by atoms with Crippen LogP contribution in [0.5, 0.6) is 0 Å². The summed E-state index contributed by atoms with van der Waals surface area (Å²) in [5.74, 6) is 1.32. The Morgan fingerprint density at radius 3 is 3.11 bits per heavy atom. The number of hydrogen-bond donors (Lipinski definition) is 1. The van der Waals surface area contributed by atoms with E-state index in [1.165, 1.54) is 6.42 Å². The fourth-order valence-electron chi connectivity index (χ4n) is 1.86. The first-order chi connectivity index (χ1) is 8.50. The zero-order valence-electron chi connectivity index (χ0n) is 9.85. The maximum atomic E-state index is 10.8. The standard InChI is InChI=1S/C10H13ClN4O2S/c1-10(3-2-4-18-10)6-13-8-7(15(16)17)5-12-9(11)14-8/h5H,2-4,6H2,1H3,(H,12,13,14). The van der Waals surface area contributed by atoms with Gasteiger partial charge < -0.3 is 5.32 Å². The molecule has 1 N–H and O–H groups in total. The molecule has 1 aromatic rings. The molecule has 0 aromatic carbocycles. The second kappa shape index (κ2) is 5.27. The minimum absolute atomic E-state index is 0.00679. The maximum absolute atomic E-state index is 10.8. The third kappa shape index (κ3) is 3.02. The van der Waals surface area contributed by atoms with Gasteiger partial charge in [0.25, 0.3) is 0 Å². The van der Waals surface area contributed by atoms with Crippen LogP contribution in [-0.4, -0.2) is 31.9 Å². The van der Waals surface area contributed by atoms with Crippen LogP contribution in [0.3, 0.4) is 0 Å². The quantitative estimate of drug-likeness (QED) is 0.521. The Hall–Kier alpha value is -1.08. The average molecular weight is 289 g/mol. The van der Waals surface area contributed by atoms with Gasteiger partial charge in [-0.05, 0) is 37.1 Å². The van der Waals surface area contributed by atoms with Crippen LogP contribution in [-0.2, 0) is 0 Å². The molecule has 98 valence electrons. The summed E-state index contributed by atoms with van der Waals surface area (Å²) >= 11 is 7.54. The Morgan fingerprint density at radius 2 is 2.50 bits per heavy atom. The van der Waals surface area contributed by atoms with Crippen LogP contribution >= 0.6 is 23.4 Å². The van der Waals surface area contributed by atoms with Crippen molar-refractivity contribution in [1.29, 1.82) is 0 Å². The van der Waals surface area contributed by atoms with E-state index in [-0.39, 0.29) is 21.5 Å². The van der Waals surface area contributed by atoms with Crippen LogP contribution in [0.15, 0.2) is 6.20 Å². The average Bonchev–Trinajstić information content (AvgIpc) is 2.74. The van der Waals surface area contributed by atoms with E-state index < -0.39 is 4.92 Å². The molecule has 1 unspecified atom stereocenters. The first-order valence-corrected chi connectivity index (χ1v) is 6.91. The number of nitro groups is 1. The van der Waals surface area contributed by atoms with Crippen LogP contribution in [0.4, 0.5) is 11.5 Å².